The SMILES string of the molecule is CCCc1ccc(-c2cc3oc4cc(-c5ccc(CCC)cc5)c5ccccc5c4c3c3ccccc23)cc1. The second-order valence-electron chi connectivity index (χ2n) is 10.7. The minimum absolute atomic E-state index is 0.942. The number of hydrogen-bond acceptors (Lipinski definition) is 1. The van der Waals surface area contributed by atoms with Crippen molar-refractivity contribution in [2.75, 3.05) is 0 Å². The lowest BCUT2D eigenvalue weighted by atomic mass is 9.91. The van der Waals surface area contributed by atoms with Crippen LogP contribution in [-0.2, 0) is 12.8 Å². The molecule has 0 amide bonds. The maximum absolute atomic E-state index is 6.72. The number of hydrogen-bond donors (Lipinski definition) is 0. The Morgan fingerprint density at radius 2 is 0.846 bits per heavy atom. The summed E-state index contributed by atoms with van der Waals surface area (Å²) in [5, 5.41) is 7.40. The Bertz CT molecular complexity index is 1810. The van der Waals surface area contributed by atoms with E-state index in [0.717, 1.165) is 36.8 Å². The fraction of sp³-hybridized carbons (Fsp3) is 0.158. The van der Waals surface area contributed by atoms with Crippen LogP contribution in [0.5, 0.6) is 0 Å². The summed E-state index contributed by atoms with van der Waals surface area (Å²) >= 11 is 0. The van der Waals surface area contributed by atoms with E-state index in [-0.39, 0.29) is 0 Å². The van der Waals surface area contributed by atoms with Crippen molar-refractivity contribution in [3.63, 3.8) is 0 Å². The van der Waals surface area contributed by atoms with Crippen LogP contribution in [0.2, 0.25) is 0 Å². The molecule has 0 bridgehead atoms. The summed E-state index contributed by atoms with van der Waals surface area (Å²) < 4.78 is 6.72. The molecule has 0 spiro atoms. The van der Waals surface area contributed by atoms with Gasteiger partial charge in [-0.15, -0.1) is 0 Å². The van der Waals surface area contributed by atoms with Crippen LogP contribution in [0.3, 0.4) is 0 Å². The Morgan fingerprint density at radius 3 is 1.23 bits per heavy atom. The highest BCUT2D eigenvalue weighted by Crippen LogP contribution is 2.44. The highest BCUT2D eigenvalue weighted by molar-refractivity contribution is 6.29. The monoisotopic (exact) mass is 504 g/mol. The molecule has 1 nitrogen and oxygen atoms in total. The third-order valence-corrected chi connectivity index (χ3v) is 8.09. The Hall–Kier alpha value is -4.36. The first-order valence-corrected chi connectivity index (χ1v) is 14.2. The molecule has 1 aromatic heterocycles. The quantitative estimate of drug-likeness (QED) is 0.219. The summed E-state index contributed by atoms with van der Waals surface area (Å²) in [6.07, 6.45) is 4.54. The van der Waals surface area contributed by atoms with Crippen LogP contribution in [0.15, 0.2) is 114 Å². The van der Waals surface area contributed by atoms with Gasteiger partial charge in [-0.2, -0.15) is 0 Å². The summed E-state index contributed by atoms with van der Waals surface area (Å²) in [4.78, 5) is 0. The van der Waals surface area contributed by atoms with E-state index in [2.05, 4.69) is 123 Å². The van der Waals surface area contributed by atoms with E-state index in [9.17, 15) is 0 Å². The van der Waals surface area contributed by atoms with Crippen molar-refractivity contribution >= 4 is 43.5 Å². The summed E-state index contributed by atoms with van der Waals surface area (Å²) in [7, 11) is 0. The molecule has 1 heterocycles. The van der Waals surface area contributed by atoms with Gasteiger partial charge in [-0.05, 0) is 79.9 Å². The van der Waals surface area contributed by atoms with Crippen LogP contribution in [0.25, 0.3) is 65.7 Å². The molecule has 0 atom stereocenters. The minimum atomic E-state index is 0.942. The van der Waals surface area contributed by atoms with E-state index < -0.39 is 0 Å². The smallest absolute Gasteiger partial charge is 0.136 e. The molecular weight excluding hydrogens is 472 g/mol. The van der Waals surface area contributed by atoms with Crippen molar-refractivity contribution in [3.8, 4) is 22.3 Å². The van der Waals surface area contributed by atoms with E-state index in [0.29, 0.717) is 0 Å². The van der Waals surface area contributed by atoms with Crippen LogP contribution in [0, 0.1) is 0 Å². The molecule has 0 aliphatic heterocycles. The topological polar surface area (TPSA) is 13.1 Å². The third kappa shape index (κ3) is 4.01. The van der Waals surface area contributed by atoms with Gasteiger partial charge in [0.25, 0.3) is 0 Å². The number of furan rings is 1. The zero-order chi connectivity index (χ0) is 26.3. The molecule has 6 aromatic carbocycles. The first-order valence-electron chi connectivity index (χ1n) is 14.2. The number of rotatable bonds is 6. The highest BCUT2D eigenvalue weighted by Gasteiger charge is 2.19. The molecule has 0 aliphatic carbocycles. The van der Waals surface area contributed by atoms with Crippen molar-refractivity contribution in [1.29, 1.82) is 0 Å². The summed E-state index contributed by atoms with van der Waals surface area (Å²) in [5.74, 6) is 0. The van der Waals surface area contributed by atoms with Gasteiger partial charge in [-0.3, -0.25) is 0 Å². The van der Waals surface area contributed by atoms with Gasteiger partial charge in [-0.1, -0.05) is 124 Å². The van der Waals surface area contributed by atoms with Crippen LogP contribution in [0.1, 0.15) is 37.8 Å². The molecule has 7 rings (SSSR count). The minimum Gasteiger partial charge on any atom is -0.456 e. The molecule has 0 saturated heterocycles. The average Bonchev–Trinajstić information content (AvgIpc) is 3.36. The van der Waals surface area contributed by atoms with E-state index in [1.165, 1.54) is 65.7 Å². The van der Waals surface area contributed by atoms with Gasteiger partial charge in [0.15, 0.2) is 0 Å². The van der Waals surface area contributed by atoms with E-state index >= 15 is 0 Å². The number of aryl methyl sites for hydroxylation is 2. The lowest BCUT2D eigenvalue weighted by Gasteiger charge is -2.11. The van der Waals surface area contributed by atoms with E-state index in [4.69, 9.17) is 4.42 Å². The predicted molar refractivity (Wildman–Crippen MR) is 168 cm³/mol. The Morgan fingerprint density at radius 1 is 0.462 bits per heavy atom. The van der Waals surface area contributed by atoms with Crippen molar-refractivity contribution in [2.24, 2.45) is 0 Å². The normalized spacial score (nSPS) is 11.7. The standard InChI is InChI=1S/C38H32O/c1-3-9-25-15-19-27(20-16-25)33-23-35-37(31-13-7-5-11-29(31)33)38-32-14-8-6-12-30(32)34(24-36(38)39-35)28-21-17-26(10-4-2)18-22-28/h5-8,11-24H,3-4,9-10H2,1-2H3. The van der Waals surface area contributed by atoms with Crippen LogP contribution in [0.4, 0.5) is 0 Å². The predicted octanol–water partition coefficient (Wildman–Crippen LogP) is 11.1. The summed E-state index contributed by atoms with van der Waals surface area (Å²) in [6.45, 7) is 4.46. The van der Waals surface area contributed by atoms with Crippen molar-refractivity contribution in [2.45, 2.75) is 39.5 Å². The maximum atomic E-state index is 6.72. The van der Waals surface area contributed by atoms with Crippen LogP contribution >= 0.6 is 0 Å². The Labute approximate surface area is 229 Å². The fourth-order valence-corrected chi connectivity index (χ4v) is 6.25. The average molecular weight is 505 g/mol. The van der Waals surface area contributed by atoms with Gasteiger partial charge in [0, 0.05) is 10.8 Å². The van der Waals surface area contributed by atoms with Crippen molar-refractivity contribution in [3.05, 3.63) is 120 Å². The van der Waals surface area contributed by atoms with E-state index in [1.54, 1.807) is 0 Å². The maximum Gasteiger partial charge on any atom is 0.136 e. The van der Waals surface area contributed by atoms with E-state index in [1.807, 2.05) is 0 Å². The molecule has 0 radical (unpaired) electrons. The van der Waals surface area contributed by atoms with Crippen molar-refractivity contribution < 1.29 is 4.42 Å². The fourth-order valence-electron chi connectivity index (χ4n) is 6.25. The summed E-state index contributed by atoms with van der Waals surface area (Å²) in [5.41, 5.74) is 9.55. The van der Waals surface area contributed by atoms with Gasteiger partial charge in [0.2, 0.25) is 0 Å². The Kier molecular flexibility index (Phi) is 5.93. The Balaban J connectivity index is 1.51. The lowest BCUT2D eigenvalue weighted by Crippen LogP contribution is -1.87. The summed E-state index contributed by atoms with van der Waals surface area (Å²) in [6, 6.07) is 40.2. The molecule has 0 aliphatic rings. The third-order valence-electron chi connectivity index (χ3n) is 8.09. The zero-order valence-corrected chi connectivity index (χ0v) is 22.6. The van der Waals surface area contributed by atoms with Crippen molar-refractivity contribution in [1.82, 2.24) is 0 Å². The molecule has 0 saturated carbocycles. The van der Waals surface area contributed by atoms with Gasteiger partial charge in [0.05, 0.1) is 0 Å². The van der Waals surface area contributed by atoms with Gasteiger partial charge < -0.3 is 4.42 Å². The zero-order valence-electron chi connectivity index (χ0n) is 22.6. The second-order valence-corrected chi connectivity index (χ2v) is 10.7. The lowest BCUT2D eigenvalue weighted by molar-refractivity contribution is 0.670. The van der Waals surface area contributed by atoms with Gasteiger partial charge in [-0.25, -0.2) is 0 Å². The first kappa shape index (κ1) is 23.7. The van der Waals surface area contributed by atoms with Gasteiger partial charge >= 0.3 is 0 Å². The van der Waals surface area contributed by atoms with Crippen LogP contribution < -0.4 is 0 Å². The molecule has 39 heavy (non-hydrogen) atoms. The molecule has 0 N–H and O–H groups in total. The number of benzene rings is 6. The molecule has 1 heteroatoms. The second kappa shape index (κ2) is 9.75. The molecule has 7 aromatic rings. The highest BCUT2D eigenvalue weighted by atomic mass is 16.3. The molecule has 0 unspecified atom stereocenters. The van der Waals surface area contributed by atoms with Gasteiger partial charge in [0.1, 0.15) is 11.2 Å². The number of fused-ring (bicyclic) bond motifs is 7. The largest absolute Gasteiger partial charge is 0.456 e. The first-order chi connectivity index (χ1) is 19.2. The molecular formula is C38H32O. The molecule has 0 fully saturated rings. The van der Waals surface area contributed by atoms with Crippen LogP contribution in [-0.4, -0.2) is 0 Å². The molecule has 190 valence electrons.